The first-order valence-electron chi connectivity index (χ1n) is 26.5. The van der Waals surface area contributed by atoms with E-state index in [9.17, 15) is 68.1 Å². The zero-order valence-corrected chi connectivity index (χ0v) is 46.2. The number of primary amides is 1. The summed E-state index contributed by atoms with van der Waals surface area (Å²) < 4.78 is 0. The Kier molecular flexibility index (Phi) is 26.2. The van der Waals surface area contributed by atoms with E-state index in [2.05, 4.69) is 52.5 Å². The fraction of sp³-hybridized carbons (Fsp3) is 0.608. The van der Waals surface area contributed by atoms with Crippen molar-refractivity contribution in [3.8, 4) is 0 Å². The molecule has 0 spiro atoms. The van der Waals surface area contributed by atoms with Crippen LogP contribution in [0.15, 0.2) is 35.5 Å². The highest BCUT2D eigenvalue weighted by atomic mass is 16.4. The number of carbonyl (C=O) groups is 11. The Morgan fingerprint density at radius 3 is 1.90 bits per heavy atom. The van der Waals surface area contributed by atoms with Crippen LogP contribution in [-0.2, 0) is 59.2 Å². The monoisotopic (exact) mass is 1130 g/mol. The Balaban J connectivity index is 1.79. The first-order chi connectivity index (χ1) is 37.6. The minimum atomic E-state index is -1.80. The van der Waals surface area contributed by atoms with Crippen molar-refractivity contribution in [2.75, 3.05) is 19.7 Å². The highest BCUT2D eigenvalue weighted by molar-refractivity contribution is 5.99. The van der Waals surface area contributed by atoms with Gasteiger partial charge in [0, 0.05) is 36.6 Å². The molecule has 29 nitrogen and oxygen atoms in total. The van der Waals surface area contributed by atoms with Crippen LogP contribution in [0, 0.1) is 11.8 Å². The van der Waals surface area contributed by atoms with Crippen LogP contribution in [0.25, 0.3) is 10.9 Å². The molecule has 0 aliphatic carbocycles. The molecule has 0 unspecified atom stereocenters. The first kappa shape index (κ1) is 66.4. The summed E-state index contributed by atoms with van der Waals surface area (Å²) in [6, 6.07) is -7.01. The summed E-state index contributed by atoms with van der Waals surface area (Å²) in [6.45, 7) is 9.84. The molecule has 0 saturated carbocycles. The van der Waals surface area contributed by atoms with Gasteiger partial charge < -0.3 is 90.7 Å². The molecule has 1 aliphatic heterocycles. The molecule has 1 aliphatic rings. The second-order valence-electron chi connectivity index (χ2n) is 20.4. The third-order valence-corrected chi connectivity index (χ3v) is 13.3. The molecule has 444 valence electrons. The number of aromatic nitrogens is 1. The molecule has 0 bridgehead atoms. The maximum Gasteiger partial charge on any atom is 0.326 e. The molecule has 10 amide bonds. The summed E-state index contributed by atoms with van der Waals surface area (Å²) in [4.78, 5) is 155. The Hall–Kier alpha value is -7.92. The van der Waals surface area contributed by atoms with Crippen molar-refractivity contribution < 1.29 is 68.1 Å². The highest BCUT2D eigenvalue weighted by Crippen LogP contribution is 2.21. The summed E-state index contributed by atoms with van der Waals surface area (Å²) in [5.41, 5.74) is 23.4. The van der Waals surface area contributed by atoms with Gasteiger partial charge in [-0.15, -0.1) is 0 Å². The summed E-state index contributed by atoms with van der Waals surface area (Å²) >= 11 is 0. The van der Waals surface area contributed by atoms with Crippen molar-refractivity contribution >= 4 is 81.9 Å². The van der Waals surface area contributed by atoms with E-state index in [-0.39, 0.29) is 57.1 Å². The van der Waals surface area contributed by atoms with Gasteiger partial charge in [-0.25, -0.2) is 4.79 Å². The molecule has 2 heterocycles. The van der Waals surface area contributed by atoms with Gasteiger partial charge >= 0.3 is 5.97 Å². The number of fused-ring (bicyclic) bond motifs is 1. The molecule has 1 saturated heterocycles. The summed E-state index contributed by atoms with van der Waals surface area (Å²) in [7, 11) is 0. The molecule has 0 radical (unpaired) electrons. The van der Waals surface area contributed by atoms with Gasteiger partial charge in [0.15, 0.2) is 5.96 Å². The van der Waals surface area contributed by atoms with Crippen LogP contribution in [-0.4, -0.2) is 182 Å². The number of guanidine groups is 1. The topological polar surface area (TPSA) is 480 Å². The lowest BCUT2D eigenvalue weighted by Gasteiger charge is -2.31. The summed E-state index contributed by atoms with van der Waals surface area (Å²) in [6.07, 6.45) is -0.253. The number of carboxylic acids is 1. The lowest BCUT2D eigenvalue weighted by atomic mass is 9.97. The number of hydrogen-bond donors (Lipinski definition) is 16. The maximum atomic E-state index is 14.1. The lowest BCUT2D eigenvalue weighted by Crippen LogP contribution is -2.62. The Morgan fingerprint density at radius 2 is 1.31 bits per heavy atom. The number of rotatable bonds is 32. The number of aliphatic carboxylic acids is 1. The van der Waals surface area contributed by atoms with Gasteiger partial charge in [-0.2, -0.15) is 0 Å². The van der Waals surface area contributed by atoms with Crippen LogP contribution in [0.1, 0.15) is 99.0 Å². The number of carbonyl (C=O) groups excluding carboxylic acids is 10. The van der Waals surface area contributed by atoms with Crippen molar-refractivity contribution in [1.29, 1.82) is 0 Å². The van der Waals surface area contributed by atoms with Crippen molar-refractivity contribution in [2.24, 2.45) is 39.8 Å². The SMILES string of the molecule is CC[C@H](C)[C@H](NC(=O)[C@H](C)N)C(=O)N[C@@H](CO)C(=O)N1CCC[C@H]1C(=O)N[C@@H](CCCN=C(N)N)C(=O)N[C@H](C(=O)N[C@@H](CC(C)C)C(=O)N[C@@H](CC(N)=O)C(=O)N[C@@H](C)C(=O)N[C@@H](Cc1c[nH]c2ccccc12)C(=O)O)[C@@H](C)O. The van der Waals surface area contributed by atoms with Crippen LogP contribution < -0.4 is 65.5 Å². The summed E-state index contributed by atoms with van der Waals surface area (Å²) in [5.74, 6) is -11.6. The second-order valence-corrected chi connectivity index (χ2v) is 20.4. The van der Waals surface area contributed by atoms with Crippen molar-refractivity contribution in [2.45, 2.75) is 166 Å². The third-order valence-electron chi connectivity index (χ3n) is 13.3. The number of aliphatic hydroxyl groups is 2. The molecule has 1 aromatic carbocycles. The molecule has 20 N–H and O–H groups in total. The number of benzene rings is 1. The third kappa shape index (κ3) is 20.1. The van der Waals surface area contributed by atoms with Crippen LogP contribution in [0.5, 0.6) is 0 Å². The first-order valence-corrected chi connectivity index (χ1v) is 26.5. The predicted molar refractivity (Wildman–Crippen MR) is 291 cm³/mol. The van der Waals surface area contributed by atoms with Gasteiger partial charge in [0.25, 0.3) is 0 Å². The smallest absolute Gasteiger partial charge is 0.326 e. The van der Waals surface area contributed by atoms with Crippen LogP contribution >= 0.6 is 0 Å². The van der Waals surface area contributed by atoms with Gasteiger partial charge in [0.05, 0.1) is 25.2 Å². The minimum Gasteiger partial charge on any atom is -0.480 e. The van der Waals surface area contributed by atoms with Crippen LogP contribution in [0.3, 0.4) is 0 Å². The van der Waals surface area contributed by atoms with E-state index in [1.54, 1.807) is 58.2 Å². The molecule has 29 heteroatoms. The number of aliphatic hydroxyl groups excluding tert-OH is 2. The quantitative estimate of drug-likeness (QED) is 0.0186. The molecule has 1 fully saturated rings. The van der Waals surface area contributed by atoms with E-state index >= 15 is 0 Å². The van der Waals surface area contributed by atoms with Gasteiger partial charge in [-0.1, -0.05) is 52.3 Å². The fourth-order valence-electron chi connectivity index (χ4n) is 8.68. The zero-order chi connectivity index (χ0) is 60.1. The number of amides is 10. The number of nitrogens with zero attached hydrogens (tertiary/aromatic N) is 2. The standard InChI is InChI=1S/C51H81N15O14/c1-8-25(4)39(64-41(70)26(5)52)47(76)63-36(23-67)49(78)66-18-12-16-37(66)46(75)59-32(15-11-17-56-51(54)55)43(72)65-40(28(7)68)48(77)61-33(19-24(2)3)45(74)60-34(21-38(53)69)44(73)58-27(6)42(71)62-35(50(79)80)20-29-22-57-31-14-10-9-13-30(29)31/h9-10,13-14,22,24-28,32-37,39-40,57,67-68H,8,11-12,15-21,23,52H2,1-7H3,(H2,53,69)(H,58,73)(H,59,75)(H,60,74)(H,61,77)(H,62,71)(H,63,76)(H,64,70)(H,65,72)(H,79,80)(H4,54,55,56)/t25-,26-,27-,28+,32-,33-,34-,35-,36-,37-,39-,40-/m0/s1. The van der Waals surface area contributed by atoms with Crippen LogP contribution in [0.4, 0.5) is 0 Å². The molecule has 3 rings (SSSR count). The van der Waals surface area contributed by atoms with Gasteiger partial charge in [-0.05, 0) is 76.3 Å². The highest BCUT2D eigenvalue weighted by Gasteiger charge is 2.41. The average Bonchev–Trinajstić information content (AvgIpc) is 4.06. The Morgan fingerprint density at radius 1 is 0.725 bits per heavy atom. The lowest BCUT2D eigenvalue weighted by molar-refractivity contribution is -0.143. The minimum absolute atomic E-state index is 0.0128. The number of H-pyrrole nitrogens is 1. The number of nitrogens with one attached hydrogen (secondary N) is 9. The van der Waals surface area contributed by atoms with Crippen LogP contribution in [0.2, 0.25) is 0 Å². The number of aliphatic imine (C=N–C) groups is 1. The van der Waals surface area contributed by atoms with E-state index in [1.165, 1.54) is 13.8 Å². The van der Waals surface area contributed by atoms with Gasteiger partial charge in [0.1, 0.15) is 54.4 Å². The Bertz CT molecular complexity index is 2550. The van der Waals surface area contributed by atoms with Crippen molar-refractivity contribution in [3.05, 3.63) is 36.0 Å². The van der Waals surface area contributed by atoms with Crippen molar-refractivity contribution in [1.82, 2.24) is 52.4 Å². The largest absolute Gasteiger partial charge is 0.480 e. The van der Waals surface area contributed by atoms with E-state index in [4.69, 9.17) is 22.9 Å². The predicted octanol–water partition coefficient (Wildman–Crippen LogP) is -4.57. The number of aromatic amines is 1. The number of para-hydroxylation sites is 1. The van der Waals surface area contributed by atoms with Crippen molar-refractivity contribution in [3.63, 3.8) is 0 Å². The van der Waals surface area contributed by atoms with Gasteiger partial charge in [-0.3, -0.25) is 52.9 Å². The summed E-state index contributed by atoms with van der Waals surface area (Å²) in [5, 5.41) is 51.5. The normalized spacial score (nSPS) is 17.3. The van der Waals surface area contributed by atoms with E-state index < -0.39 is 151 Å². The fourth-order valence-corrected chi connectivity index (χ4v) is 8.68. The second kappa shape index (κ2) is 31.6. The molecular formula is C51H81N15O14. The molecule has 2 aromatic rings. The maximum absolute atomic E-state index is 14.1. The Labute approximate surface area is 463 Å². The average molecular weight is 1130 g/mol. The molecule has 1 aromatic heterocycles. The zero-order valence-electron chi connectivity index (χ0n) is 46.2. The van der Waals surface area contributed by atoms with E-state index in [0.29, 0.717) is 18.4 Å². The van der Waals surface area contributed by atoms with E-state index in [1.807, 2.05) is 0 Å². The van der Waals surface area contributed by atoms with E-state index in [0.717, 1.165) is 22.7 Å². The number of likely N-dealkylation sites (tertiary alicyclic amines) is 1. The molecular weight excluding hydrogens is 1050 g/mol. The molecule has 12 atom stereocenters. The van der Waals surface area contributed by atoms with Gasteiger partial charge in [0.2, 0.25) is 59.1 Å². The molecule has 80 heavy (non-hydrogen) atoms. The number of carboxylic acid groups (broad SMARTS) is 1. The number of nitrogens with two attached hydrogens (primary N) is 4. The number of hydrogen-bond acceptors (Lipinski definition) is 15.